The minimum atomic E-state index is -1.07. The number of amides is 2. The Morgan fingerprint density at radius 2 is 2.03 bits per heavy atom. The van der Waals surface area contributed by atoms with Crippen LogP contribution in [-0.2, 0) is 20.9 Å². The van der Waals surface area contributed by atoms with E-state index in [0.29, 0.717) is 15.9 Å². The maximum atomic E-state index is 12.2. The Kier molecular flexibility index (Phi) is 6.03. The number of esters is 1. The van der Waals surface area contributed by atoms with E-state index in [-0.39, 0.29) is 24.0 Å². The number of aromatic nitrogens is 2. The monoisotopic (exact) mass is 414 g/mol. The maximum Gasteiger partial charge on any atom is 0.308 e. The standard InChI is InChI=1S/C19H18N4O5S/c1-11(18(27)22-19-13(17(20)26)7-9-29-19)28-16(25)6-8-23-14-5-3-2-4-12(14)15(24)10-21-23/h2-5,7,9-11H,6,8H2,1H3,(H2,20,26)(H,22,27)/t11-/m1/s1. The molecule has 2 heterocycles. The van der Waals surface area contributed by atoms with Crippen molar-refractivity contribution in [1.29, 1.82) is 0 Å². The van der Waals surface area contributed by atoms with Crippen molar-refractivity contribution in [3.05, 3.63) is 57.7 Å². The zero-order valence-electron chi connectivity index (χ0n) is 15.5. The van der Waals surface area contributed by atoms with Crippen molar-refractivity contribution in [2.24, 2.45) is 5.73 Å². The number of primary amides is 1. The van der Waals surface area contributed by atoms with Gasteiger partial charge in [0.25, 0.3) is 11.8 Å². The van der Waals surface area contributed by atoms with E-state index in [9.17, 15) is 19.2 Å². The van der Waals surface area contributed by atoms with Crippen LogP contribution in [0.2, 0.25) is 0 Å². The fourth-order valence-corrected chi connectivity index (χ4v) is 3.45. The topological polar surface area (TPSA) is 133 Å². The van der Waals surface area contributed by atoms with Crippen LogP contribution in [0.1, 0.15) is 23.7 Å². The molecule has 3 rings (SSSR count). The number of thiophene rings is 1. The number of anilines is 1. The molecule has 3 aromatic rings. The second kappa shape index (κ2) is 8.65. The summed E-state index contributed by atoms with van der Waals surface area (Å²) in [6.07, 6.45) is 0.0912. The lowest BCUT2D eigenvalue weighted by Crippen LogP contribution is -2.30. The van der Waals surface area contributed by atoms with E-state index >= 15 is 0 Å². The number of ether oxygens (including phenoxy) is 1. The fraction of sp³-hybridized carbons (Fsp3) is 0.211. The number of para-hydroxylation sites is 1. The SMILES string of the molecule is C[C@@H](OC(=O)CCn1ncc(=O)c2ccccc21)C(=O)Nc1sccc1C(N)=O. The summed E-state index contributed by atoms with van der Waals surface area (Å²) in [6, 6.07) is 8.45. The van der Waals surface area contributed by atoms with Gasteiger partial charge in [-0.2, -0.15) is 5.10 Å². The normalized spacial score (nSPS) is 11.8. The lowest BCUT2D eigenvalue weighted by Gasteiger charge is -2.14. The molecule has 0 spiro atoms. The Bertz CT molecular complexity index is 1140. The molecular formula is C19H18N4O5S. The third-order valence-electron chi connectivity index (χ3n) is 4.13. The van der Waals surface area contributed by atoms with Gasteiger partial charge in [0.15, 0.2) is 6.10 Å². The molecule has 0 aliphatic carbocycles. The average molecular weight is 414 g/mol. The van der Waals surface area contributed by atoms with E-state index in [1.807, 2.05) is 0 Å². The van der Waals surface area contributed by atoms with Crippen molar-refractivity contribution in [3.8, 4) is 0 Å². The Labute approximate surface area is 169 Å². The number of nitrogens with zero attached hydrogens (tertiary/aromatic N) is 2. The van der Waals surface area contributed by atoms with Crippen molar-refractivity contribution < 1.29 is 19.1 Å². The fourth-order valence-electron chi connectivity index (χ4n) is 2.66. The molecule has 0 aliphatic heterocycles. The molecule has 9 nitrogen and oxygen atoms in total. The summed E-state index contributed by atoms with van der Waals surface area (Å²) in [5, 5.41) is 9.00. The van der Waals surface area contributed by atoms with Gasteiger partial charge in [-0.3, -0.25) is 23.9 Å². The van der Waals surface area contributed by atoms with E-state index in [2.05, 4.69) is 10.4 Å². The minimum absolute atomic E-state index is 0.0387. The molecule has 0 unspecified atom stereocenters. The predicted molar refractivity (Wildman–Crippen MR) is 108 cm³/mol. The van der Waals surface area contributed by atoms with Gasteiger partial charge in [0, 0.05) is 5.39 Å². The molecular weight excluding hydrogens is 396 g/mol. The van der Waals surface area contributed by atoms with Crippen LogP contribution in [0.5, 0.6) is 0 Å². The van der Waals surface area contributed by atoms with E-state index in [1.165, 1.54) is 23.9 Å². The molecule has 10 heteroatoms. The Morgan fingerprint density at radius 3 is 2.79 bits per heavy atom. The summed E-state index contributed by atoms with van der Waals surface area (Å²) in [4.78, 5) is 47.5. The lowest BCUT2D eigenvalue weighted by atomic mass is 10.2. The number of fused-ring (bicyclic) bond motifs is 1. The summed E-state index contributed by atoms with van der Waals surface area (Å²) in [6.45, 7) is 1.61. The number of nitrogens with one attached hydrogen (secondary N) is 1. The Balaban J connectivity index is 1.59. The van der Waals surface area contributed by atoms with Gasteiger partial charge in [0.05, 0.1) is 30.2 Å². The largest absolute Gasteiger partial charge is 0.452 e. The Hall–Kier alpha value is -3.53. The Morgan fingerprint density at radius 1 is 1.28 bits per heavy atom. The number of hydrogen-bond acceptors (Lipinski definition) is 7. The first-order valence-electron chi connectivity index (χ1n) is 8.69. The van der Waals surface area contributed by atoms with Crippen LogP contribution in [0.15, 0.2) is 46.7 Å². The zero-order valence-corrected chi connectivity index (χ0v) is 16.3. The van der Waals surface area contributed by atoms with E-state index in [1.54, 1.807) is 29.6 Å². The van der Waals surface area contributed by atoms with Gasteiger partial charge in [-0.05, 0) is 30.5 Å². The second-order valence-corrected chi connectivity index (χ2v) is 7.06. The van der Waals surface area contributed by atoms with Crippen LogP contribution < -0.4 is 16.5 Å². The van der Waals surface area contributed by atoms with Crippen LogP contribution in [0, 0.1) is 0 Å². The van der Waals surface area contributed by atoms with Crippen molar-refractivity contribution in [3.63, 3.8) is 0 Å². The van der Waals surface area contributed by atoms with Gasteiger partial charge in [0.1, 0.15) is 5.00 Å². The number of benzene rings is 1. The molecule has 0 radical (unpaired) electrons. The lowest BCUT2D eigenvalue weighted by molar-refractivity contribution is -0.153. The molecule has 1 aromatic carbocycles. The minimum Gasteiger partial charge on any atom is -0.452 e. The smallest absolute Gasteiger partial charge is 0.308 e. The van der Waals surface area contributed by atoms with Crippen molar-refractivity contribution in [2.75, 3.05) is 5.32 Å². The zero-order chi connectivity index (χ0) is 21.0. The van der Waals surface area contributed by atoms with Crippen LogP contribution in [0.25, 0.3) is 10.9 Å². The van der Waals surface area contributed by atoms with E-state index in [0.717, 1.165) is 11.3 Å². The van der Waals surface area contributed by atoms with Crippen molar-refractivity contribution in [1.82, 2.24) is 9.78 Å². The van der Waals surface area contributed by atoms with Crippen LogP contribution in [-0.4, -0.2) is 33.7 Å². The number of hydrogen-bond donors (Lipinski definition) is 2. The highest BCUT2D eigenvalue weighted by molar-refractivity contribution is 7.14. The summed E-state index contributed by atoms with van der Waals surface area (Å²) < 4.78 is 6.69. The van der Waals surface area contributed by atoms with Crippen molar-refractivity contribution >= 4 is 45.0 Å². The molecule has 0 fully saturated rings. The summed E-state index contributed by atoms with van der Waals surface area (Å²) in [7, 11) is 0. The van der Waals surface area contributed by atoms with Crippen molar-refractivity contribution in [2.45, 2.75) is 26.0 Å². The molecule has 0 saturated heterocycles. The third kappa shape index (κ3) is 4.66. The molecule has 0 aliphatic rings. The first-order chi connectivity index (χ1) is 13.9. The summed E-state index contributed by atoms with van der Waals surface area (Å²) >= 11 is 1.14. The van der Waals surface area contributed by atoms with E-state index < -0.39 is 23.9 Å². The maximum absolute atomic E-state index is 12.2. The third-order valence-corrected chi connectivity index (χ3v) is 4.96. The highest BCUT2D eigenvalue weighted by Gasteiger charge is 2.20. The van der Waals surface area contributed by atoms with Crippen LogP contribution in [0.3, 0.4) is 0 Å². The molecule has 2 amide bonds. The van der Waals surface area contributed by atoms with Gasteiger partial charge in [-0.15, -0.1) is 11.3 Å². The van der Waals surface area contributed by atoms with Crippen LogP contribution in [0.4, 0.5) is 5.00 Å². The number of carbonyl (C=O) groups excluding carboxylic acids is 3. The second-order valence-electron chi connectivity index (χ2n) is 6.15. The average Bonchev–Trinajstić information content (AvgIpc) is 3.16. The summed E-state index contributed by atoms with van der Waals surface area (Å²) in [5.74, 6) is -1.83. The molecule has 0 bridgehead atoms. The van der Waals surface area contributed by atoms with Gasteiger partial charge in [0.2, 0.25) is 5.43 Å². The number of rotatable bonds is 7. The first kappa shape index (κ1) is 20.2. The molecule has 29 heavy (non-hydrogen) atoms. The van der Waals surface area contributed by atoms with Gasteiger partial charge < -0.3 is 15.8 Å². The summed E-state index contributed by atoms with van der Waals surface area (Å²) in [5.41, 5.74) is 5.84. The van der Waals surface area contributed by atoms with Gasteiger partial charge >= 0.3 is 5.97 Å². The number of carbonyl (C=O) groups is 3. The van der Waals surface area contributed by atoms with Gasteiger partial charge in [-0.25, -0.2) is 0 Å². The highest BCUT2D eigenvalue weighted by Crippen LogP contribution is 2.23. The molecule has 0 saturated carbocycles. The predicted octanol–water partition coefficient (Wildman–Crippen LogP) is 1.52. The molecule has 1 atom stereocenters. The molecule has 2 aromatic heterocycles. The first-order valence-corrected chi connectivity index (χ1v) is 9.57. The van der Waals surface area contributed by atoms with E-state index in [4.69, 9.17) is 10.5 Å². The number of aryl methyl sites for hydroxylation is 1. The molecule has 150 valence electrons. The highest BCUT2D eigenvalue weighted by atomic mass is 32.1. The molecule has 3 N–H and O–H groups in total. The van der Waals surface area contributed by atoms with Crippen LogP contribution >= 0.6 is 11.3 Å². The van der Waals surface area contributed by atoms with Gasteiger partial charge in [-0.1, -0.05) is 12.1 Å². The number of nitrogens with two attached hydrogens (primary N) is 1. The quantitative estimate of drug-likeness (QED) is 0.563.